The van der Waals surface area contributed by atoms with Crippen LogP contribution in [0.15, 0.2) is 24.3 Å². The van der Waals surface area contributed by atoms with Gasteiger partial charge in [0.15, 0.2) is 6.61 Å². The minimum absolute atomic E-state index is 0.294. The van der Waals surface area contributed by atoms with Crippen molar-refractivity contribution in [1.82, 2.24) is 0 Å². The molecule has 0 saturated carbocycles. The predicted octanol–water partition coefficient (Wildman–Crippen LogP) is 2.09. The SMILES string of the molecule is O=C(O)COc1ccc(CCBr)cc1. The Morgan fingerprint density at radius 2 is 2.00 bits per heavy atom. The number of carboxylic acids is 1. The van der Waals surface area contributed by atoms with Crippen LogP contribution in [0.4, 0.5) is 0 Å². The Bertz CT molecular complexity index is 295. The Morgan fingerprint density at radius 1 is 1.36 bits per heavy atom. The first kappa shape index (κ1) is 11.0. The van der Waals surface area contributed by atoms with E-state index < -0.39 is 5.97 Å². The number of benzene rings is 1. The van der Waals surface area contributed by atoms with Crippen molar-refractivity contribution in [3.05, 3.63) is 29.8 Å². The second kappa shape index (κ2) is 5.65. The number of carboxylic acid groups (broad SMARTS) is 1. The van der Waals surface area contributed by atoms with E-state index in [2.05, 4.69) is 15.9 Å². The summed E-state index contributed by atoms with van der Waals surface area (Å²) in [5.74, 6) is -0.375. The third-order valence-corrected chi connectivity index (χ3v) is 2.07. The quantitative estimate of drug-likeness (QED) is 0.823. The van der Waals surface area contributed by atoms with E-state index in [0.717, 1.165) is 11.8 Å². The zero-order valence-electron chi connectivity index (χ0n) is 7.57. The van der Waals surface area contributed by atoms with Gasteiger partial charge in [-0.05, 0) is 24.1 Å². The largest absolute Gasteiger partial charge is 0.482 e. The first-order valence-corrected chi connectivity index (χ1v) is 5.34. The minimum atomic E-state index is -0.963. The summed E-state index contributed by atoms with van der Waals surface area (Å²) in [6.07, 6.45) is 0.958. The van der Waals surface area contributed by atoms with E-state index in [0.29, 0.717) is 5.75 Å². The van der Waals surface area contributed by atoms with E-state index in [4.69, 9.17) is 9.84 Å². The molecule has 0 unspecified atom stereocenters. The molecule has 0 radical (unpaired) electrons. The van der Waals surface area contributed by atoms with Crippen LogP contribution in [0.5, 0.6) is 5.75 Å². The van der Waals surface area contributed by atoms with Gasteiger partial charge in [0.1, 0.15) is 5.75 Å². The Labute approximate surface area is 90.8 Å². The molecule has 3 nitrogen and oxygen atoms in total. The highest BCUT2D eigenvalue weighted by Gasteiger charge is 1.98. The number of halogens is 1. The number of carbonyl (C=O) groups is 1. The molecule has 4 heteroatoms. The number of hydrogen-bond donors (Lipinski definition) is 1. The van der Waals surface area contributed by atoms with Crippen LogP contribution in [0.25, 0.3) is 0 Å². The second-order valence-corrected chi connectivity index (χ2v) is 3.56. The highest BCUT2D eigenvalue weighted by atomic mass is 79.9. The topological polar surface area (TPSA) is 46.5 Å². The van der Waals surface area contributed by atoms with Crippen molar-refractivity contribution >= 4 is 21.9 Å². The molecule has 0 bridgehead atoms. The van der Waals surface area contributed by atoms with Gasteiger partial charge in [0.05, 0.1) is 0 Å². The van der Waals surface area contributed by atoms with E-state index in [1.807, 2.05) is 12.1 Å². The highest BCUT2D eigenvalue weighted by molar-refractivity contribution is 9.09. The van der Waals surface area contributed by atoms with Crippen molar-refractivity contribution < 1.29 is 14.6 Å². The van der Waals surface area contributed by atoms with E-state index >= 15 is 0 Å². The summed E-state index contributed by atoms with van der Waals surface area (Å²) in [4.78, 5) is 10.2. The Morgan fingerprint density at radius 3 is 2.50 bits per heavy atom. The summed E-state index contributed by atoms with van der Waals surface area (Å²) >= 11 is 3.35. The van der Waals surface area contributed by atoms with Gasteiger partial charge in [-0.1, -0.05) is 28.1 Å². The van der Waals surface area contributed by atoms with Gasteiger partial charge in [0, 0.05) is 5.33 Å². The van der Waals surface area contributed by atoms with Crippen LogP contribution in [0.3, 0.4) is 0 Å². The fraction of sp³-hybridized carbons (Fsp3) is 0.300. The van der Waals surface area contributed by atoms with Crippen molar-refractivity contribution in [3.8, 4) is 5.75 Å². The molecule has 0 aromatic heterocycles. The molecule has 76 valence electrons. The molecule has 14 heavy (non-hydrogen) atoms. The first-order chi connectivity index (χ1) is 6.72. The molecule has 0 heterocycles. The summed E-state index contributed by atoms with van der Waals surface area (Å²) in [5, 5.41) is 9.30. The average Bonchev–Trinajstić information content (AvgIpc) is 2.17. The lowest BCUT2D eigenvalue weighted by Gasteiger charge is -2.03. The maximum absolute atomic E-state index is 10.2. The van der Waals surface area contributed by atoms with Crippen LogP contribution in [-0.2, 0) is 11.2 Å². The Kier molecular flexibility index (Phi) is 4.46. The van der Waals surface area contributed by atoms with Gasteiger partial charge in [-0.3, -0.25) is 0 Å². The lowest BCUT2D eigenvalue weighted by molar-refractivity contribution is -0.139. The fourth-order valence-electron chi connectivity index (χ4n) is 1.01. The fourth-order valence-corrected chi connectivity index (χ4v) is 1.46. The molecule has 0 spiro atoms. The van der Waals surface area contributed by atoms with Crippen LogP contribution in [0, 0.1) is 0 Å². The molecule has 1 aromatic rings. The number of ether oxygens (including phenoxy) is 1. The van der Waals surface area contributed by atoms with Gasteiger partial charge in [0.25, 0.3) is 0 Å². The van der Waals surface area contributed by atoms with Gasteiger partial charge >= 0.3 is 5.97 Å². The number of alkyl halides is 1. The van der Waals surface area contributed by atoms with Gasteiger partial charge in [-0.2, -0.15) is 0 Å². The molecular weight excluding hydrogens is 248 g/mol. The van der Waals surface area contributed by atoms with Crippen LogP contribution in [0.1, 0.15) is 5.56 Å². The number of rotatable bonds is 5. The lowest BCUT2D eigenvalue weighted by atomic mass is 10.2. The van der Waals surface area contributed by atoms with Crippen LogP contribution in [-0.4, -0.2) is 23.0 Å². The lowest BCUT2D eigenvalue weighted by Crippen LogP contribution is -2.09. The maximum Gasteiger partial charge on any atom is 0.341 e. The Hall–Kier alpha value is -1.03. The molecule has 1 N–H and O–H groups in total. The van der Waals surface area contributed by atoms with Crippen LogP contribution in [0.2, 0.25) is 0 Å². The first-order valence-electron chi connectivity index (χ1n) is 4.22. The smallest absolute Gasteiger partial charge is 0.341 e. The van der Waals surface area contributed by atoms with Crippen LogP contribution >= 0.6 is 15.9 Å². The van der Waals surface area contributed by atoms with Crippen molar-refractivity contribution in [1.29, 1.82) is 0 Å². The molecule has 1 rings (SSSR count). The molecule has 0 atom stereocenters. The number of aryl methyl sites for hydroxylation is 1. The predicted molar refractivity (Wildman–Crippen MR) is 57.1 cm³/mol. The van der Waals surface area contributed by atoms with E-state index in [-0.39, 0.29) is 6.61 Å². The van der Waals surface area contributed by atoms with E-state index in [1.165, 1.54) is 5.56 Å². The molecule has 0 amide bonds. The standard InChI is InChI=1S/C10H11BrO3/c11-6-5-8-1-3-9(4-2-8)14-7-10(12)13/h1-4H,5-7H2,(H,12,13). The van der Waals surface area contributed by atoms with Gasteiger partial charge in [-0.25, -0.2) is 4.79 Å². The molecular formula is C10H11BrO3. The molecule has 0 saturated heterocycles. The van der Waals surface area contributed by atoms with E-state index in [1.54, 1.807) is 12.1 Å². The third-order valence-electron chi connectivity index (χ3n) is 1.67. The van der Waals surface area contributed by atoms with Gasteiger partial charge in [0.2, 0.25) is 0 Å². The Balaban J connectivity index is 2.50. The van der Waals surface area contributed by atoms with Crippen LogP contribution < -0.4 is 4.74 Å². The molecule has 0 aliphatic carbocycles. The van der Waals surface area contributed by atoms with Gasteiger partial charge in [-0.15, -0.1) is 0 Å². The van der Waals surface area contributed by atoms with Crippen molar-refractivity contribution in [2.24, 2.45) is 0 Å². The molecule has 0 fully saturated rings. The second-order valence-electron chi connectivity index (χ2n) is 2.77. The minimum Gasteiger partial charge on any atom is -0.482 e. The summed E-state index contributed by atoms with van der Waals surface area (Å²) in [6.45, 7) is -0.294. The summed E-state index contributed by atoms with van der Waals surface area (Å²) in [6, 6.07) is 7.42. The molecule has 1 aromatic carbocycles. The zero-order chi connectivity index (χ0) is 10.4. The summed E-state index contributed by atoms with van der Waals surface area (Å²) in [5.41, 5.74) is 1.20. The van der Waals surface area contributed by atoms with Gasteiger partial charge < -0.3 is 9.84 Å². The third kappa shape index (κ3) is 3.79. The summed E-state index contributed by atoms with van der Waals surface area (Å²) < 4.78 is 4.99. The summed E-state index contributed by atoms with van der Waals surface area (Å²) in [7, 11) is 0. The number of aliphatic carboxylic acids is 1. The highest BCUT2D eigenvalue weighted by Crippen LogP contribution is 2.12. The molecule has 0 aliphatic rings. The van der Waals surface area contributed by atoms with Crippen molar-refractivity contribution in [2.75, 3.05) is 11.9 Å². The van der Waals surface area contributed by atoms with Crippen molar-refractivity contribution in [3.63, 3.8) is 0 Å². The normalized spacial score (nSPS) is 9.79. The zero-order valence-corrected chi connectivity index (χ0v) is 9.16. The molecule has 0 aliphatic heterocycles. The number of hydrogen-bond acceptors (Lipinski definition) is 2. The van der Waals surface area contributed by atoms with E-state index in [9.17, 15) is 4.79 Å². The average molecular weight is 259 g/mol. The van der Waals surface area contributed by atoms with Crippen molar-refractivity contribution in [2.45, 2.75) is 6.42 Å². The monoisotopic (exact) mass is 258 g/mol. The maximum atomic E-state index is 10.2.